The van der Waals surface area contributed by atoms with Crippen LogP contribution in [-0.4, -0.2) is 28.6 Å². The SMILES string of the molecule is CC[C@H](CO)NC(=O)c1cc(N)c[nH]1. The van der Waals surface area contributed by atoms with Crippen LogP contribution < -0.4 is 11.1 Å². The number of anilines is 1. The van der Waals surface area contributed by atoms with Crippen LogP contribution in [-0.2, 0) is 0 Å². The minimum atomic E-state index is -0.248. The molecule has 1 heterocycles. The fourth-order valence-corrected chi connectivity index (χ4v) is 1.08. The van der Waals surface area contributed by atoms with Crippen LogP contribution in [0.3, 0.4) is 0 Å². The van der Waals surface area contributed by atoms with Gasteiger partial charge in [0.1, 0.15) is 5.69 Å². The Kier molecular flexibility index (Phi) is 3.53. The van der Waals surface area contributed by atoms with Gasteiger partial charge in [-0.1, -0.05) is 6.92 Å². The standard InChI is InChI=1S/C9H15N3O2/c1-2-7(5-13)12-9(14)8-3-6(10)4-11-8/h3-4,7,11,13H,2,5,10H2,1H3,(H,12,14)/t7-/m1/s1. The molecule has 5 nitrogen and oxygen atoms in total. The summed E-state index contributed by atoms with van der Waals surface area (Å²) in [6.07, 6.45) is 2.24. The summed E-state index contributed by atoms with van der Waals surface area (Å²) >= 11 is 0. The fourth-order valence-electron chi connectivity index (χ4n) is 1.08. The molecular weight excluding hydrogens is 182 g/mol. The Bertz CT molecular complexity index is 305. The second-order valence-corrected chi connectivity index (χ2v) is 3.11. The van der Waals surface area contributed by atoms with Gasteiger partial charge in [0.25, 0.3) is 5.91 Å². The molecule has 0 aliphatic heterocycles. The lowest BCUT2D eigenvalue weighted by Crippen LogP contribution is -2.37. The van der Waals surface area contributed by atoms with Crippen LogP contribution in [0.5, 0.6) is 0 Å². The molecule has 1 amide bonds. The molecule has 0 bridgehead atoms. The van der Waals surface area contributed by atoms with Crippen molar-refractivity contribution in [3.05, 3.63) is 18.0 Å². The Morgan fingerprint density at radius 1 is 1.79 bits per heavy atom. The van der Waals surface area contributed by atoms with Crippen molar-refractivity contribution in [3.63, 3.8) is 0 Å². The number of aliphatic hydroxyl groups is 1. The summed E-state index contributed by atoms with van der Waals surface area (Å²) in [4.78, 5) is 14.2. The zero-order chi connectivity index (χ0) is 10.6. The minimum absolute atomic E-state index is 0.0571. The molecule has 1 rings (SSSR count). The number of aromatic nitrogens is 1. The maximum atomic E-state index is 11.5. The summed E-state index contributed by atoms with van der Waals surface area (Å²) < 4.78 is 0. The fraction of sp³-hybridized carbons (Fsp3) is 0.444. The molecule has 14 heavy (non-hydrogen) atoms. The smallest absolute Gasteiger partial charge is 0.268 e. The predicted molar refractivity (Wildman–Crippen MR) is 53.8 cm³/mol. The van der Waals surface area contributed by atoms with E-state index in [9.17, 15) is 4.79 Å². The topological polar surface area (TPSA) is 91.1 Å². The first kappa shape index (κ1) is 10.6. The van der Waals surface area contributed by atoms with Gasteiger partial charge in [0.15, 0.2) is 0 Å². The van der Waals surface area contributed by atoms with Gasteiger partial charge in [-0.25, -0.2) is 0 Å². The van der Waals surface area contributed by atoms with Gasteiger partial charge in [0.05, 0.1) is 12.6 Å². The first-order valence-electron chi connectivity index (χ1n) is 4.53. The molecule has 1 aromatic rings. The Balaban J connectivity index is 2.58. The zero-order valence-corrected chi connectivity index (χ0v) is 8.08. The molecule has 0 radical (unpaired) electrons. The van der Waals surface area contributed by atoms with E-state index in [4.69, 9.17) is 10.8 Å². The molecule has 5 N–H and O–H groups in total. The van der Waals surface area contributed by atoms with Crippen LogP contribution in [0.1, 0.15) is 23.8 Å². The predicted octanol–water partition coefficient (Wildman–Crippen LogP) is 0.0976. The van der Waals surface area contributed by atoms with Crippen molar-refractivity contribution in [2.75, 3.05) is 12.3 Å². The highest BCUT2D eigenvalue weighted by Crippen LogP contribution is 2.04. The molecular formula is C9H15N3O2. The van der Waals surface area contributed by atoms with Crippen molar-refractivity contribution in [2.45, 2.75) is 19.4 Å². The second kappa shape index (κ2) is 4.66. The lowest BCUT2D eigenvalue weighted by atomic mass is 10.2. The van der Waals surface area contributed by atoms with Crippen LogP contribution in [0.25, 0.3) is 0 Å². The van der Waals surface area contributed by atoms with E-state index in [0.29, 0.717) is 17.8 Å². The quantitative estimate of drug-likeness (QED) is 0.551. The van der Waals surface area contributed by atoms with E-state index >= 15 is 0 Å². The Morgan fingerprint density at radius 3 is 2.93 bits per heavy atom. The highest BCUT2D eigenvalue weighted by atomic mass is 16.3. The van der Waals surface area contributed by atoms with Crippen LogP contribution in [0.4, 0.5) is 5.69 Å². The van der Waals surface area contributed by atoms with Gasteiger partial charge in [-0.05, 0) is 12.5 Å². The average molecular weight is 197 g/mol. The number of carbonyl (C=O) groups excluding carboxylic acids is 1. The molecule has 78 valence electrons. The number of hydrogen-bond acceptors (Lipinski definition) is 3. The van der Waals surface area contributed by atoms with Crippen LogP contribution in [0.15, 0.2) is 12.3 Å². The molecule has 1 atom stereocenters. The van der Waals surface area contributed by atoms with Gasteiger partial charge in [-0.3, -0.25) is 4.79 Å². The molecule has 0 aromatic carbocycles. The summed E-state index contributed by atoms with van der Waals surface area (Å²) in [5.41, 5.74) is 6.38. The number of aliphatic hydroxyl groups excluding tert-OH is 1. The number of H-pyrrole nitrogens is 1. The Hall–Kier alpha value is -1.49. The van der Waals surface area contributed by atoms with Gasteiger partial charge in [-0.2, -0.15) is 0 Å². The number of nitrogen functional groups attached to an aromatic ring is 1. The molecule has 0 saturated heterocycles. The molecule has 0 aliphatic rings. The molecule has 1 aromatic heterocycles. The first-order chi connectivity index (χ1) is 6.67. The molecule has 0 aliphatic carbocycles. The minimum Gasteiger partial charge on any atom is -0.397 e. The van der Waals surface area contributed by atoms with Crippen molar-refractivity contribution in [1.82, 2.24) is 10.3 Å². The first-order valence-corrected chi connectivity index (χ1v) is 4.53. The number of hydrogen-bond donors (Lipinski definition) is 4. The maximum Gasteiger partial charge on any atom is 0.268 e. The van der Waals surface area contributed by atoms with E-state index in [1.165, 1.54) is 0 Å². The highest BCUT2D eigenvalue weighted by molar-refractivity contribution is 5.93. The summed E-state index contributed by atoms with van der Waals surface area (Å²) in [6.45, 7) is 1.84. The maximum absolute atomic E-state index is 11.5. The Morgan fingerprint density at radius 2 is 2.50 bits per heavy atom. The van der Waals surface area contributed by atoms with Gasteiger partial charge < -0.3 is 21.1 Å². The second-order valence-electron chi connectivity index (χ2n) is 3.11. The third kappa shape index (κ3) is 2.50. The van der Waals surface area contributed by atoms with E-state index < -0.39 is 0 Å². The molecule has 0 saturated carbocycles. The van der Waals surface area contributed by atoms with E-state index in [0.717, 1.165) is 0 Å². The number of nitrogens with one attached hydrogen (secondary N) is 2. The van der Waals surface area contributed by atoms with Crippen LogP contribution in [0.2, 0.25) is 0 Å². The highest BCUT2D eigenvalue weighted by Gasteiger charge is 2.12. The van der Waals surface area contributed by atoms with Gasteiger partial charge in [0, 0.05) is 11.9 Å². The monoisotopic (exact) mass is 197 g/mol. The number of nitrogens with two attached hydrogens (primary N) is 1. The molecule has 0 unspecified atom stereocenters. The van der Waals surface area contributed by atoms with Crippen molar-refractivity contribution in [1.29, 1.82) is 0 Å². The summed E-state index contributed by atoms with van der Waals surface area (Å²) in [5, 5.41) is 11.5. The molecule has 5 heteroatoms. The number of rotatable bonds is 4. The van der Waals surface area contributed by atoms with Gasteiger partial charge in [0.2, 0.25) is 0 Å². The van der Waals surface area contributed by atoms with E-state index in [-0.39, 0.29) is 18.6 Å². The van der Waals surface area contributed by atoms with Crippen molar-refractivity contribution in [2.24, 2.45) is 0 Å². The summed E-state index contributed by atoms with van der Waals surface area (Å²) in [7, 11) is 0. The lowest BCUT2D eigenvalue weighted by Gasteiger charge is -2.12. The summed E-state index contributed by atoms with van der Waals surface area (Å²) in [6, 6.07) is 1.35. The largest absolute Gasteiger partial charge is 0.397 e. The third-order valence-corrected chi connectivity index (χ3v) is 2.00. The Labute approximate surface area is 82.3 Å². The van der Waals surface area contributed by atoms with Gasteiger partial charge in [-0.15, -0.1) is 0 Å². The number of amides is 1. The van der Waals surface area contributed by atoms with Crippen LogP contribution in [0, 0.1) is 0 Å². The number of aromatic amines is 1. The van der Waals surface area contributed by atoms with Crippen molar-refractivity contribution >= 4 is 11.6 Å². The number of carbonyl (C=O) groups is 1. The zero-order valence-electron chi connectivity index (χ0n) is 8.08. The van der Waals surface area contributed by atoms with E-state index in [1.54, 1.807) is 12.3 Å². The summed E-state index contributed by atoms with van der Waals surface area (Å²) in [5.74, 6) is -0.248. The lowest BCUT2D eigenvalue weighted by molar-refractivity contribution is 0.0910. The molecule has 0 spiro atoms. The van der Waals surface area contributed by atoms with E-state index in [2.05, 4.69) is 10.3 Å². The van der Waals surface area contributed by atoms with E-state index in [1.807, 2.05) is 6.92 Å². The molecule has 0 fully saturated rings. The van der Waals surface area contributed by atoms with Gasteiger partial charge >= 0.3 is 0 Å². The average Bonchev–Trinajstić information content (AvgIpc) is 2.61. The normalized spacial score (nSPS) is 12.4. The van der Waals surface area contributed by atoms with Crippen LogP contribution >= 0.6 is 0 Å². The third-order valence-electron chi connectivity index (χ3n) is 2.00. The van der Waals surface area contributed by atoms with Crippen molar-refractivity contribution in [3.8, 4) is 0 Å². The van der Waals surface area contributed by atoms with Crippen molar-refractivity contribution < 1.29 is 9.90 Å².